The molecule has 186 valence electrons. The number of hydrogen-bond acceptors (Lipinski definition) is 5. The van der Waals surface area contributed by atoms with Crippen molar-refractivity contribution in [1.82, 2.24) is 20.1 Å². The lowest BCUT2D eigenvalue weighted by molar-refractivity contribution is 0.0682. The van der Waals surface area contributed by atoms with Gasteiger partial charge in [0, 0.05) is 50.6 Å². The maximum absolute atomic E-state index is 14.0. The first-order valence-electron chi connectivity index (χ1n) is 11.6. The lowest BCUT2D eigenvalue weighted by Crippen LogP contribution is -2.45. The Labute approximate surface area is 205 Å². The average molecular weight is 494 g/mol. The molecule has 3 heterocycles. The number of carbonyl (C=O) groups is 2. The maximum atomic E-state index is 14.0. The highest BCUT2D eigenvalue weighted by atomic mass is 19.1. The number of nitrogens with zero attached hydrogens (tertiary/aromatic N) is 2. The van der Waals surface area contributed by atoms with Crippen LogP contribution in [0.3, 0.4) is 0 Å². The second kappa shape index (κ2) is 9.90. The third-order valence-corrected chi connectivity index (χ3v) is 6.37. The summed E-state index contributed by atoms with van der Waals surface area (Å²) < 4.78 is 34.8. The van der Waals surface area contributed by atoms with E-state index in [1.165, 1.54) is 12.3 Å². The fourth-order valence-corrected chi connectivity index (χ4v) is 4.48. The molecule has 2 bridgehead atoms. The molecular formula is C26H24F2N4O4. The number of halogens is 2. The van der Waals surface area contributed by atoms with Crippen molar-refractivity contribution in [3.8, 4) is 5.75 Å². The van der Waals surface area contributed by atoms with Gasteiger partial charge in [0.2, 0.25) is 5.43 Å². The number of amides is 2. The average Bonchev–Trinajstić information content (AvgIpc) is 3.10. The van der Waals surface area contributed by atoms with Gasteiger partial charge in [0.25, 0.3) is 11.8 Å². The van der Waals surface area contributed by atoms with E-state index in [0.717, 1.165) is 17.7 Å². The van der Waals surface area contributed by atoms with Crippen molar-refractivity contribution in [1.29, 1.82) is 0 Å². The summed E-state index contributed by atoms with van der Waals surface area (Å²) in [6.45, 7) is 1.86. The molecule has 0 aliphatic carbocycles. The van der Waals surface area contributed by atoms with Crippen LogP contribution in [0.2, 0.25) is 0 Å². The molecule has 1 unspecified atom stereocenters. The number of aromatic nitrogens is 1. The molecule has 0 spiro atoms. The molecule has 2 aliphatic heterocycles. The molecule has 2 N–H and O–H groups in total. The van der Waals surface area contributed by atoms with Crippen LogP contribution in [0.1, 0.15) is 38.0 Å². The first-order chi connectivity index (χ1) is 17.4. The Morgan fingerprint density at radius 1 is 1.14 bits per heavy atom. The summed E-state index contributed by atoms with van der Waals surface area (Å²) in [6, 6.07) is 12.0. The number of carbonyl (C=O) groups excluding carboxylic acids is 2. The number of pyridine rings is 1. The third-order valence-electron chi connectivity index (χ3n) is 6.37. The summed E-state index contributed by atoms with van der Waals surface area (Å²) in [6.07, 6.45) is 1.37. The van der Waals surface area contributed by atoms with E-state index in [4.69, 9.17) is 4.74 Å². The second-order valence-corrected chi connectivity index (χ2v) is 8.76. The van der Waals surface area contributed by atoms with Crippen molar-refractivity contribution in [3.63, 3.8) is 0 Å². The Hall–Kier alpha value is -4.05. The van der Waals surface area contributed by atoms with Gasteiger partial charge >= 0.3 is 0 Å². The third kappa shape index (κ3) is 4.59. The van der Waals surface area contributed by atoms with Crippen LogP contribution in [-0.2, 0) is 13.2 Å². The topological polar surface area (TPSA) is 92.7 Å². The highest BCUT2D eigenvalue weighted by molar-refractivity contribution is 5.99. The van der Waals surface area contributed by atoms with Crippen LogP contribution in [0.15, 0.2) is 59.5 Å². The fraction of sp³-hybridized carbons (Fsp3) is 0.269. The molecule has 10 heteroatoms. The van der Waals surface area contributed by atoms with Gasteiger partial charge in [-0.05, 0) is 11.6 Å². The monoisotopic (exact) mass is 494 g/mol. The highest BCUT2D eigenvalue weighted by Gasteiger charge is 2.37. The molecule has 2 aromatic carbocycles. The van der Waals surface area contributed by atoms with E-state index in [-0.39, 0.29) is 47.7 Å². The summed E-state index contributed by atoms with van der Waals surface area (Å²) in [7, 11) is 0. The Balaban J connectivity index is 1.52. The summed E-state index contributed by atoms with van der Waals surface area (Å²) in [5, 5.41) is 5.79. The lowest BCUT2D eigenvalue weighted by Gasteiger charge is -2.34. The lowest BCUT2D eigenvalue weighted by atomic mass is 10.1. The van der Waals surface area contributed by atoms with Crippen LogP contribution < -0.4 is 20.8 Å². The first-order valence-corrected chi connectivity index (χ1v) is 11.6. The SMILES string of the molecule is O=C(NCc1ccc(F)cc1F)c1cn2c(c(OCc3ccccc3)c1=O)C(=O)N1CCNCC2C1. The smallest absolute Gasteiger partial charge is 0.274 e. The zero-order valence-electron chi connectivity index (χ0n) is 19.3. The molecule has 36 heavy (non-hydrogen) atoms. The first kappa shape index (κ1) is 23.7. The maximum Gasteiger partial charge on any atom is 0.274 e. The molecule has 5 rings (SSSR count). The van der Waals surface area contributed by atoms with Gasteiger partial charge in [0.15, 0.2) is 11.4 Å². The molecule has 0 radical (unpaired) electrons. The predicted octanol–water partition coefficient (Wildman–Crippen LogP) is 2.24. The molecular weight excluding hydrogens is 470 g/mol. The molecule has 1 fully saturated rings. The van der Waals surface area contributed by atoms with Crippen LogP contribution in [0, 0.1) is 11.6 Å². The minimum Gasteiger partial charge on any atom is -0.483 e. The second-order valence-electron chi connectivity index (χ2n) is 8.76. The molecule has 3 aromatic rings. The Kier molecular flexibility index (Phi) is 6.51. The van der Waals surface area contributed by atoms with Crippen molar-refractivity contribution in [2.24, 2.45) is 0 Å². The van der Waals surface area contributed by atoms with Gasteiger partial charge in [-0.3, -0.25) is 14.4 Å². The zero-order valence-corrected chi connectivity index (χ0v) is 19.3. The number of nitrogens with one attached hydrogen (secondary N) is 2. The largest absolute Gasteiger partial charge is 0.483 e. The minimum absolute atomic E-state index is 0.0329. The zero-order chi connectivity index (χ0) is 25.2. The predicted molar refractivity (Wildman–Crippen MR) is 127 cm³/mol. The van der Waals surface area contributed by atoms with Crippen LogP contribution in [0.5, 0.6) is 5.75 Å². The molecule has 0 saturated carbocycles. The normalized spacial score (nSPS) is 16.8. The molecule has 8 nitrogen and oxygen atoms in total. The van der Waals surface area contributed by atoms with Crippen molar-refractivity contribution in [2.45, 2.75) is 19.2 Å². The molecule has 2 aliphatic rings. The van der Waals surface area contributed by atoms with Crippen molar-refractivity contribution in [3.05, 3.63) is 99.0 Å². The van der Waals surface area contributed by atoms with Gasteiger partial charge in [-0.2, -0.15) is 0 Å². The Morgan fingerprint density at radius 2 is 1.94 bits per heavy atom. The van der Waals surface area contributed by atoms with Gasteiger partial charge in [-0.1, -0.05) is 36.4 Å². The van der Waals surface area contributed by atoms with Crippen LogP contribution in [0.4, 0.5) is 8.78 Å². The summed E-state index contributed by atoms with van der Waals surface area (Å²) in [4.78, 5) is 41.5. The molecule has 1 saturated heterocycles. The van der Waals surface area contributed by atoms with Gasteiger partial charge in [-0.15, -0.1) is 0 Å². The van der Waals surface area contributed by atoms with Crippen LogP contribution in [0.25, 0.3) is 0 Å². The summed E-state index contributed by atoms with van der Waals surface area (Å²) in [5.41, 5.74) is 0.0179. The van der Waals surface area contributed by atoms with E-state index in [2.05, 4.69) is 10.6 Å². The number of benzene rings is 2. The minimum atomic E-state index is -0.806. The standard InChI is InChI=1S/C26H24F2N4O4/c27-18-7-6-17(21(28)10-18)11-30-25(34)20-14-32-19-12-29-8-9-31(13-19)26(35)22(32)24(23(20)33)36-15-16-4-2-1-3-5-16/h1-7,10,14,19,29H,8-9,11-13,15H2,(H,30,34). The van der Waals surface area contributed by atoms with E-state index < -0.39 is 23.0 Å². The van der Waals surface area contributed by atoms with Gasteiger partial charge in [0.1, 0.15) is 23.8 Å². The van der Waals surface area contributed by atoms with Gasteiger partial charge in [-0.25, -0.2) is 8.78 Å². The van der Waals surface area contributed by atoms with Crippen LogP contribution >= 0.6 is 0 Å². The van der Waals surface area contributed by atoms with Crippen molar-refractivity contribution in [2.75, 3.05) is 26.2 Å². The number of hydrogen-bond donors (Lipinski definition) is 2. The van der Waals surface area contributed by atoms with E-state index in [1.807, 2.05) is 30.3 Å². The molecule has 1 aromatic heterocycles. The quantitative estimate of drug-likeness (QED) is 0.549. The van der Waals surface area contributed by atoms with Crippen LogP contribution in [-0.4, -0.2) is 47.5 Å². The van der Waals surface area contributed by atoms with Gasteiger partial charge in [0.05, 0.1) is 6.04 Å². The molecule has 2 amide bonds. The summed E-state index contributed by atoms with van der Waals surface area (Å²) >= 11 is 0. The van der Waals surface area contributed by atoms with Crippen molar-refractivity contribution < 1.29 is 23.1 Å². The van der Waals surface area contributed by atoms with E-state index in [1.54, 1.807) is 9.47 Å². The van der Waals surface area contributed by atoms with E-state index >= 15 is 0 Å². The number of ether oxygens (including phenoxy) is 1. The Bertz CT molecular complexity index is 1380. The Morgan fingerprint density at radius 3 is 2.72 bits per heavy atom. The molecule has 1 atom stereocenters. The highest BCUT2D eigenvalue weighted by Crippen LogP contribution is 2.28. The summed E-state index contributed by atoms with van der Waals surface area (Å²) in [5.74, 6) is -2.82. The van der Waals surface area contributed by atoms with E-state index in [0.29, 0.717) is 26.2 Å². The fourth-order valence-electron chi connectivity index (χ4n) is 4.48. The van der Waals surface area contributed by atoms with E-state index in [9.17, 15) is 23.2 Å². The van der Waals surface area contributed by atoms with Gasteiger partial charge < -0.3 is 24.8 Å². The number of rotatable bonds is 6. The number of fused-ring (bicyclic) bond motifs is 4. The van der Waals surface area contributed by atoms with Crippen molar-refractivity contribution >= 4 is 11.8 Å².